The molecule has 0 bridgehead atoms. The summed E-state index contributed by atoms with van der Waals surface area (Å²) in [7, 11) is 0. The highest BCUT2D eigenvalue weighted by Crippen LogP contribution is 2.28. The molecule has 2 aromatic rings. The lowest BCUT2D eigenvalue weighted by atomic mass is 10.0. The van der Waals surface area contributed by atoms with Crippen LogP contribution >= 0.6 is 11.3 Å². The van der Waals surface area contributed by atoms with E-state index in [0.717, 1.165) is 18.4 Å². The second-order valence-corrected chi connectivity index (χ2v) is 5.82. The largest absolute Gasteiger partial charge is 0.367 e. The van der Waals surface area contributed by atoms with Crippen molar-refractivity contribution in [3.05, 3.63) is 35.2 Å². The predicted octanol–water partition coefficient (Wildman–Crippen LogP) is 3.58. The summed E-state index contributed by atoms with van der Waals surface area (Å²) in [5.41, 5.74) is 1.14. The molecule has 18 heavy (non-hydrogen) atoms. The van der Waals surface area contributed by atoms with E-state index < -0.39 is 0 Å². The molecular formula is C15H16O2S. The van der Waals surface area contributed by atoms with Crippen LogP contribution < -0.4 is 0 Å². The van der Waals surface area contributed by atoms with Gasteiger partial charge in [0.05, 0.1) is 6.10 Å². The zero-order valence-corrected chi connectivity index (χ0v) is 11.2. The Morgan fingerprint density at radius 3 is 3.00 bits per heavy atom. The molecule has 0 radical (unpaired) electrons. The van der Waals surface area contributed by atoms with Gasteiger partial charge < -0.3 is 4.74 Å². The van der Waals surface area contributed by atoms with Gasteiger partial charge in [0.25, 0.3) is 0 Å². The van der Waals surface area contributed by atoms with Gasteiger partial charge in [-0.2, -0.15) is 0 Å². The van der Waals surface area contributed by atoms with Crippen LogP contribution in [-0.2, 0) is 16.0 Å². The third-order valence-corrected chi connectivity index (χ3v) is 4.53. The van der Waals surface area contributed by atoms with Crippen LogP contribution in [0.25, 0.3) is 10.1 Å². The van der Waals surface area contributed by atoms with E-state index in [9.17, 15) is 4.79 Å². The molecule has 0 saturated carbocycles. The van der Waals surface area contributed by atoms with Crippen molar-refractivity contribution in [3.63, 3.8) is 0 Å². The number of thiophene rings is 1. The van der Waals surface area contributed by atoms with Crippen molar-refractivity contribution in [1.82, 2.24) is 0 Å². The maximum atomic E-state index is 12.2. The molecule has 2 heterocycles. The second-order valence-electron chi connectivity index (χ2n) is 4.91. The molecule has 0 aliphatic carbocycles. The van der Waals surface area contributed by atoms with Crippen LogP contribution in [0.2, 0.25) is 0 Å². The van der Waals surface area contributed by atoms with E-state index in [4.69, 9.17) is 4.74 Å². The minimum absolute atomic E-state index is 0.182. The molecule has 2 nitrogen and oxygen atoms in total. The van der Waals surface area contributed by atoms with Crippen LogP contribution in [0.1, 0.15) is 25.3 Å². The molecule has 1 aliphatic rings. The van der Waals surface area contributed by atoms with E-state index in [0.29, 0.717) is 6.42 Å². The van der Waals surface area contributed by atoms with Crippen molar-refractivity contribution in [2.45, 2.75) is 38.4 Å². The summed E-state index contributed by atoms with van der Waals surface area (Å²) in [6, 6.07) is 8.25. The van der Waals surface area contributed by atoms with Gasteiger partial charge in [0.15, 0.2) is 5.78 Å². The van der Waals surface area contributed by atoms with Gasteiger partial charge in [-0.3, -0.25) is 4.79 Å². The van der Waals surface area contributed by atoms with Gasteiger partial charge >= 0.3 is 0 Å². The molecule has 2 atom stereocenters. The number of hydrogen-bond donors (Lipinski definition) is 0. The van der Waals surface area contributed by atoms with Crippen molar-refractivity contribution < 1.29 is 9.53 Å². The van der Waals surface area contributed by atoms with E-state index in [1.165, 1.54) is 10.1 Å². The lowest BCUT2D eigenvalue weighted by molar-refractivity contribution is -0.128. The fourth-order valence-electron chi connectivity index (χ4n) is 2.51. The zero-order valence-electron chi connectivity index (χ0n) is 10.4. The lowest BCUT2D eigenvalue weighted by Crippen LogP contribution is -2.22. The minimum atomic E-state index is -0.182. The molecule has 0 spiro atoms. The molecule has 3 heteroatoms. The Bertz CT molecular complexity index is 573. The van der Waals surface area contributed by atoms with E-state index >= 15 is 0 Å². The summed E-state index contributed by atoms with van der Waals surface area (Å²) in [6.45, 7) is 2.03. The van der Waals surface area contributed by atoms with Crippen molar-refractivity contribution in [3.8, 4) is 0 Å². The third-order valence-electron chi connectivity index (χ3n) is 3.52. The van der Waals surface area contributed by atoms with E-state index in [1.54, 1.807) is 11.3 Å². The van der Waals surface area contributed by atoms with Gasteiger partial charge in [-0.05, 0) is 42.2 Å². The number of fused-ring (bicyclic) bond motifs is 1. The van der Waals surface area contributed by atoms with Crippen LogP contribution in [-0.4, -0.2) is 18.0 Å². The molecule has 1 aromatic heterocycles. The Kier molecular flexibility index (Phi) is 3.18. The molecule has 0 N–H and O–H groups in total. The fraction of sp³-hybridized carbons (Fsp3) is 0.400. The van der Waals surface area contributed by atoms with Crippen LogP contribution in [0, 0.1) is 0 Å². The zero-order chi connectivity index (χ0) is 12.5. The summed E-state index contributed by atoms with van der Waals surface area (Å²) >= 11 is 1.71. The molecule has 1 aliphatic heterocycles. The summed E-state index contributed by atoms with van der Waals surface area (Å²) in [4.78, 5) is 12.2. The molecule has 2 unspecified atom stereocenters. The smallest absolute Gasteiger partial charge is 0.165 e. The Hall–Kier alpha value is -1.19. The quantitative estimate of drug-likeness (QED) is 0.843. The first-order valence-electron chi connectivity index (χ1n) is 6.37. The lowest BCUT2D eigenvalue weighted by Gasteiger charge is -2.09. The number of Topliss-reactive ketones (excluding diaryl/α,β-unsaturated/α-hetero) is 1. The Labute approximate surface area is 111 Å². The predicted molar refractivity (Wildman–Crippen MR) is 74.1 cm³/mol. The standard InChI is InChI=1S/C15H16O2S/c1-10-6-7-14(17-10)13(16)8-11-9-18-15-5-3-2-4-12(11)15/h2-5,9-10,14H,6-8H2,1H3. The number of rotatable bonds is 3. The normalized spacial score (nSPS) is 23.6. The highest BCUT2D eigenvalue weighted by molar-refractivity contribution is 7.17. The van der Waals surface area contributed by atoms with Crippen molar-refractivity contribution in [2.24, 2.45) is 0 Å². The van der Waals surface area contributed by atoms with Crippen molar-refractivity contribution in [1.29, 1.82) is 0 Å². The number of ketones is 1. The van der Waals surface area contributed by atoms with Crippen LogP contribution in [0.3, 0.4) is 0 Å². The van der Waals surface area contributed by atoms with Gasteiger partial charge in [-0.25, -0.2) is 0 Å². The van der Waals surface area contributed by atoms with Crippen LogP contribution in [0.4, 0.5) is 0 Å². The van der Waals surface area contributed by atoms with Gasteiger partial charge in [-0.15, -0.1) is 11.3 Å². The first kappa shape index (κ1) is 11.9. The average Bonchev–Trinajstić information content (AvgIpc) is 2.97. The summed E-state index contributed by atoms with van der Waals surface area (Å²) < 4.78 is 6.89. The van der Waals surface area contributed by atoms with E-state index in [2.05, 4.69) is 17.5 Å². The van der Waals surface area contributed by atoms with Crippen LogP contribution in [0.5, 0.6) is 0 Å². The van der Waals surface area contributed by atoms with Crippen LogP contribution in [0.15, 0.2) is 29.6 Å². The summed E-state index contributed by atoms with van der Waals surface area (Å²) in [5, 5.41) is 3.31. The van der Waals surface area contributed by atoms with Gasteiger partial charge in [0.2, 0.25) is 0 Å². The molecule has 3 rings (SSSR count). The number of carbonyl (C=O) groups is 1. The Balaban J connectivity index is 1.78. The second kappa shape index (κ2) is 4.82. The molecule has 1 aromatic carbocycles. The fourth-order valence-corrected chi connectivity index (χ4v) is 3.47. The highest BCUT2D eigenvalue weighted by atomic mass is 32.1. The maximum absolute atomic E-state index is 12.2. The monoisotopic (exact) mass is 260 g/mol. The van der Waals surface area contributed by atoms with E-state index in [1.807, 2.05) is 19.1 Å². The van der Waals surface area contributed by atoms with Gasteiger partial charge in [0.1, 0.15) is 6.10 Å². The average molecular weight is 260 g/mol. The highest BCUT2D eigenvalue weighted by Gasteiger charge is 2.28. The van der Waals surface area contributed by atoms with Crippen molar-refractivity contribution in [2.75, 3.05) is 0 Å². The van der Waals surface area contributed by atoms with Gasteiger partial charge in [0, 0.05) is 11.1 Å². The van der Waals surface area contributed by atoms with E-state index in [-0.39, 0.29) is 18.0 Å². The summed E-state index contributed by atoms with van der Waals surface area (Å²) in [6.07, 6.45) is 2.43. The molecule has 0 amide bonds. The minimum Gasteiger partial charge on any atom is -0.367 e. The maximum Gasteiger partial charge on any atom is 0.165 e. The first-order chi connectivity index (χ1) is 8.74. The molecule has 94 valence electrons. The Morgan fingerprint density at radius 1 is 1.39 bits per heavy atom. The number of benzene rings is 1. The Morgan fingerprint density at radius 2 is 2.22 bits per heavy atom. The molecule has 1 saturated heterocycles. The molecule has 1 fully saturated rings. The number of carbonyl (C=O) groups excluding carboxylic acids is 1. The number of hydrogen-bond acceptors (Lipinski definition) is 3. The van der Waals surface area contributed by atoms with Crippen molar-refractivity contribution >= 4 is 27.2 Å². The summed E-state index contributed by atoms with van der Waals surface area (Å²) in [5.74, 6) is 0.225. The van der Waals surface area contributed by atoms with Gasteiger partial charge in [-0.1, -0.05) is 18.2 Å². The molecular weight excluding hydrogens is 244 g/mol. The SMILES string of the molecule is CC1CCC(C(=O)Cc2csc3ccccc23)O1. The topological polar surface area (TPSA) is 26.3 Å². The number of ether oxygens (including phenoxy) is 1. The third kappa shape index (κ3) is 2.20. The first-order valence-corrected chi connectivity index (χ1v) is 7.25.